The van der Waals surface area contributed by atoms with Gasteiger partial charge in [-0.2, -0.15) is 0 Å². The van der Waals surface area contributed by atoms with Crippen molar-refractivity contribution >= 4 is 35.4 Å². The van der Waals surface area contributed by atoms with Crippen molar-refractivity contribution in [2.75, 3.05) is 33.3 Å². The Bertz CT molecular complexity index is 938. The Kier molecular flexibility index (Phi) is 5.41. The average Bonchev–Trinajstić information content (AvgIpc) is 2.70. The molecule has 27 heavy (non-hydrogen) atoms. The monoisotopic (exact) mass is 385 g/mol. The SMILES string of the molecule is COC(=O)c1ccc2c(c1)N(C)C(=O)/C(=C\c1ccc(OC)c(OC)c1)S2. The van der Waals surface area contributed by atoms with E-state index in [0.29, 0.717) is 27.7 Å². The predicted octanol–water partition coefficient (Wildman–Crippen LogP) is 3.60. The number of nitrogens with zero attached hydrogens (tertiary/aromatic N) is 1. The van der Waals surface area contributed by atoms with E-state index in [4.69, 9.17) is 14.2 Å². The molecular formula is C20H19NO5S. The number of carbonyl (C=O) groups excluding carboxylic acids is 2. The van der Waals surface area contributed by atoms with Crippen LogP contribution >= 0.6 is 11.8 Å². The van der Waals surface area contributed by atoms with Crippen LogP contribution in [0.3, 0.4) is 0 Å². The maximum Gasteiger partial charge on any atom is 0.337 e. The average molecular weight is 385 g/mol. The Morgan fingerprint density at radius 3 is 2.44 bits per heavy atom. The van der Waals surface area contributed by atoms with Crippen LogP contribution in [0.2, 0.25) is 0 Å². The first-order chi connectivity index (χ1) is 13.0. The molecule has 2 aromatic carbocycles. The Morgan fingerprint density at radius 1 is 1.04 bits per heavy atom. The first kappa shape index (κ1) is 18.8. The van der Waals surface area contributed by atoms with Crippen molar-refractivity contribution in [2.45, 2.75) is 4.90 Å². The molecule has 0 spiro atoms. The third-order valence-electron chi connectivity index (χ3n) is 4.18. The normalized spacial score (nSPS) is 14.7. The van der Waals surface area contributed by atoms with Gasteiger partial charge in [0.05, 0.1) is 37.5 Å². The zero-order valence-electron chi connectivity index (χ0n) is 15.4. The van der Waals surface area contributed by atoms with E-state index in [-0.39, 0.29) is 5.91 Å². The molecule has 0 radical (unpaired) electrons. The number of esters is 1. The smallest absolute Gasteiger partial charge is 0.337 e. The molecule has 0 saturated carbocycles. The maximum atomic E-state index is 12.8. The molecule has 0 atom stereocenters. The molecule has 0 N–H and O–H groups in total. The van der Waals surface area contributed by atoms with Crippen molar-refractivity contribution < 1.29 is 23.8 Å². The molecule has 1 heterocycles. The van der Waals surface area contributed by atoms with E-state index < -0.39 is 5.97 Å². The van der Waals surface area contributed by atoms with Crippen molar-refractivity contribution in [3.05, 3.63) is 52.4 Å². The van der Waals surface area contributed by atoms with Crippen molar-refractivity contribution in [1.82, 2.24) is 0 Å². The summed E-state index contributed by atoms with van der Waals surface area (Å²) in [4.78, 5) is 27.5. The van der Waals surface area contributed by atoms with E-state index >= 15 is 0 Å². The van der Waals surface area contributed by atoms with Gasteiger partial charge in [0, 0.05) is 11.9 Å². The number of amides is 1. The number of benzene rings is 2. The topological polar surface area (TPSA) is 65.1 Å². The number of anilines is 1. The van der Waals surface area contributed by atoms with E-state index in [1.807, 2.05) is 24.3 Å². The Balaban J connectivity index is 1.97. The fourth-order valence-corrected chi connectivity index (χ4v) is 3.83. The van der Waals surface area contributed by atoms with Gasteiger partial charge in [0.1, 0.15) is 0 Å². The lowest BCUT2D eigenvalue weighted by Gasteiger charge is -2.27. The summed E-state index contributed by atoms with van der Waals surface area (Å²) in [5.41, 5.74) is 1.91. The van der Waals surface area contributed by atoms with Gasteiger partial charge in [0.15, 0.2) is 11.5 Å². The van der Waals surface area contributed by atoms with Crippen LogP contribution in [0.5, 0.6) is 11.5 Å². The molecule has 0 saturated heterocycles. The van der Waals surface area contributed by atoms with Gasteiger partial charge >= 0.3 is 5.97 Å². The van der Waals surface area contributed by atoms with Gasteiger partial charge in [-0.25, -0.2) is 4.79 Å². The number of hydrogen-bond donors (Lipinski definition) is 0. The number of rotatable bonds is 4. The number of likely N-dealkylation sites (N-methyl/N-ethyl adjacent to an activating group) is 1. The first-order valence-corrected chi connectivity index (χ1v) is 8.92. The molecule has 0 aliphatic carbocycles. The highest BCUT2D eigenvalue weighted by atomic mass is 32.2. The molecule has 0 aromatic heterocycles. The molecule has 1 amide bonds. The van der Waals surface area contributed by atoms with Crippen LogP contribution in [0.15, 0.2) is 46.2 Å². The maximum absolute atomic E-state index is 12.8. The second kappa shape index (κ2) is 7.75. The highest BCUT2D eigenvalue weighted by Crippen LogP contribution is 2.42. The zero-order chi connectivity index (χ0) is 19.6. The molecular weight excluding hydrogens is 366 g/mol. The third-order valence-corrected chi connectivity index (χ3v) is 5.26. The summed E-state index contributed by atoms with van der Waals surface area (Å²) in [5.74, 6) is 0.635. The Hall–Kier alpha value is -2.93. The molecule has 1 aliphatic rings. The van der Waals surface area contributed by atoms with Gasteiger partial charge in [-0.1, -0.05) is 17.8 Å². The fraction of sp³-hybridized carbons (Fsp3) is 0.200. The largest absolute Gasteiger partial charge is 0.493 e. The summed E-state index contributed by atoms with van der Waals surface area (Å²) < 4.78 is 15.3. The van der Waals surface area contributed by atoms with E-state index in [1.165, 1.54) is 23.8 Å². The van der Waals surface area contributed by atoms with E-state index in [2.05, 4.69) is 0 Å². The summed E-state index contributed by atoms with van der Waals surface area (Å²) in [6.45, 7) is 0. The van der Waals surface area contributed by atoms with Gasteiger partial charge in [0.25, 0.3) is 5.91 Å². The number of fused-ring (bicyclic) bond motifs is 1. The van der Waals surface area contributed by atoms with E-state index in [1.54, 1.807) is 39.5 Å². The minimum absolute atomic E-state index is 0.149. The quantitative estimate of drug-likeness (QED) is 0.592. The van der Waals surface area contributed by atoms with Gasteiger partial charge in [-0.3, -0.25) is 4.79 Å². The summed E-state index contributed by atoms with van der Waals surface area (Å²) in [6, 6.07) is 10.6. The van der Waals surface area contributed by atoms with E-state index in [0.717, 1.165) is 10.5 Å². The third kappa shape index (κ3) is 3.64. The molecule has 0 bridgehead atoms. The van der Waals surface area contributed by atoms with Crippen LogP contribution in [0.1, 0.15) is 15.9 Å². The van der Waals surface area contributed by atoms with Gasteiger partial charge < -0.3 is 19.1 Å². The number of thioether (sulfide) groups is 1. The zero-order valence-corrected chi connectivity index (χ0v) is 16.3. The Morgan fingerprint density at radius 2 is 1.78 bits per heavy atom. The van der Waals surface area contributed by atoms with Crippen LogP contribution in [-0.4, -0.2) is 40.3 Å². The molecule has 2 aromatic rings. The molecule has 0 fully saturated rings. The number of carbonyl (C=O) groups is 2. The van der Waals surface area contributed by atoms with Crippen LogP contribution in [-0.2, 0) is 9.53 Å². The minimum Gasteiger partial charge on any atom is -0.493 e. The fourth-order valence-electron chi connectivity index (χ4n) is 2.73. The lowest BCUT2D eigenvalue weighted by atomic mass is 10.1. The number of methoxy groups -OCH3 is 3. The first-order valence-electron chi connectivity index (χ1n) is 8.10. The molecule has 6 nitrogen and oxygen atoms in total. The summed E-state index contributed by atoms with van der Waals surface area (Å²) >= 11 is 1.36. The van der Waals surface area contributed by atoms with Crippen LogP contribution < -0.4 is 14.4 Å². The minimum atomic E-state index is -0.435. The van der Waals surface area contributed by atoms with Crippen LogP contribution in [0.25, 0.3) is 6.08 Å². The van der Waals surface area contributed by atoms with E-state index in [9.17, 15) is 9.59 Å². The lowest BCUT2D eigenvalue weighted by molar-refractivity contribution is -0.114. The summed E-state index contributed by atoms with van der Waals surface area (Å²) in [6.07, 6.45) is 1.81. The standard InChI is InChI=1S/C20H19NO5S/c1-21-14-11-13(20(23)26-4)6-8-17(14)27-18(19(21)22)10-12-5-7-15(24-2)16(9-12)25-3/h5-11H,1-4H3/b18-10+. The van der Waals surface area contributed by atoms with Crippen molar-refractivity contribution in [3.8, 4) is 11.5 Å². The predicted molar refractivity (Wildman–Crippen MR) is 105 cm³/mol. The van der Waals surface area contributed by atoms with Crippen LogP contribution in [0, 0.1) is 0 Å². The number of ether oxygens (including phenoxy) is 3. The number of hydrogen-bond acceptors (Lipinski definition) is 6. The lowest BCUT2D eigenvalue weighted by Crippen LogP contribution is -2.30. The van der Waals surface area contributed by atoms with Crippen LogP contribution in [0.4, 0.5) is 5.69 Å². The van der Waals surface area contributed by atoms with Crippen molar-refractivity contribution in [1.29, 1.82) is 0 Å². The van der Waals surface area contributed by atoms with Gasteiger partial charge in [-0.15, -0.1) is 0 Å². The molecule has 140 valence electrons. The highest BCUT2D eigenvalue weighted by Gasteiger charge is 2.27. The second-order valence-corrected chi connectivity index (χ2v) is 6.85. The summed E-state index contributed by atoms with van der Waals surface area (Å²) in [7, 11) is 6.16. The van der Waals surface area contributed by atoms with Gasteiger partial charge in [-0.05, 0) is 42.0 Å². The highest BCUT2D eigenvalue weighted by molar-refractivity contribution is 8.04. The second-order valence-electron chi connectivity index (χ2n) is 5.76. The Labute approximate surface area is 161 Å². The molecule has 3 rings (SSSR count). The summed E-state index contributed by atoms with van der Waals surface area (Å²) in [5, 5.41) is 0. The molecule has 7 heteroatoms. The molecule has 1 aliphatic heterocycles. The van der Waals surface area contributed by atoms with Crippen molar-refractivity contribution in [3.63, 3.8) is 0 Å². The molecule has 0 unspecified atom stereocenters. The van der Waals surface area contributed by atoms with Crippen molar-refractivity contribution in [2.24, 2.45) is 0 Å². The van der Waals surface area contributed by atoms with Gasteiger partial charge in [0.2, 0.25) is 0 Å².